The third-order valence-corrected chi connectivity index (χ3v) is 4.20. The highest BCUT2D eigenvalue weighted by Crippen LogP contribution is 2.48. The second-order valence-electron chi connectivity index (χ2n) is 5.81. The molecule has 5 heteroatoms. The van der Waals surface area contributed by atoms with Gasteiger partial charge in [0, 0.05) is 12.2 Å². The molecule has 0 atom stereocenters. The first-order valence-electron chi connectivity index (χ1n) is 7.21. The molecule has 0 unspecified atom stereocenters. The molecule has 0 bridgehead atoms. The normalized spacial score (nSPS) is 16.1. The Morgan fingerprint density at radius 3 is 2.70 bits per heavy atom. The number of aryl methyl sites for hydroxylation is 2. The molecule has 2 heterocycles. The number of hydrogen-bond donors (Lipinski definition) is 1. The Bertz CT molecular complexity index is 612. The van der Waals surface area contributed by atoms with Crippen molar-refractivity contribution < 1.29 is 0 Å². The van der Waals surface area contributed by atoms with Crippen LogP contribution in [0.2, 0.25) is 0 Å². The van der Waals surface area contributed by atoms with E-state index >= 15 is 0 Å². The van der Waals surface area contributed by atoms with E-state index in [0.717, 1.165) is 29.6 Å². The minimum absolute atomic E-state index is 0.496. The van der Waals surface area contributed by atoms with E-state index < -0.39 is 0 Å². The summed E-state index contributed by atoms with van der Waals surface area (Å²) in [5.41, 5.74) is 2.56. The third-order valence-electron chi connectivity index (χ3n) is 4.20. The molecule has 1 fully saturated rings. The molecule has 0 aliphatic heterocycles. The van der Waals surface area contributed by atoms with Crippen LogP contribution in [-0.4, -0.2) is 26.3 Å². The maximum atomic E-state index is 4.61. The average molecular weight is 271 g/mol. The Labute approximate surface area is 119 Å². The molecule has 3 rings (SSSR count). The van der Waals surface area contributed by atoms with E-state index in [1.54, 1.807) is 12.4 Å². The predicted octanol–water partition coefficient (Wildman–Crippen LogP) is 2.88. The monoisotopic (exact) mass is 271 g/mol. The smallest absolute Gasteiger partial charge is 0.174 e. The Balaban J connectivity index is 1.77. The zero-order valence-electron chi connectivity index (χ0n) is 12.3. The quantitative estimate of drug-likeness (QED) is 0.908. The van der Waals surface area contributed by atoms with Gasteiger partial charge in [-0.05, 0) is 44.6 Å². The van der Waals surface area contributed by atoms with Crippen LogP contribution in [0, 0.1) is 19.3 Å². The van der Waals surface area contributed by atoms with Gasteiger partial charge in [0.25, 0.3) is 0 Å². The average Bonchev–Trinajstić information content (AvgIpc) is 3.16. The molecule has 1 N–H and O–H groups in total. The molecule has 0 amide bonds. The van der Waals surface area contributed by atoms with Crippen molar-refractivity contribution in [2.24, 2.45) is 5.41 Å². The lowest BCUT2D eigenvalue weighted by Crippen LogP contribution is -2.16. The first-order valence-corrected chi connectivity index (χ1v) is 7.21. The Morgan fingerprint density at radius 1 is 1.30 bits per heavy atom. The molecule has 1 aliphatic rings. The predicted molar refractivity (Wildman–Crippen MR) is 79.1 cm³/mol. The van der Waals surface area contributed by atoms with Crippen LogP contribution in [0.5, 0.6) is 0 Å². The fourth-order valence-corrected chi connectivity index (χ4v) is 2.51. The second kappa shape index (κ2) is 4.89. The topological polar surface area (TPSA) is 55.6 Å². The van der Waals surface area contributed by atoms with E-state index in [9.17, 15) is 0 Å². The summed E-state index contributed by atoms with van der Waals surface area (Å²) < 4.78 is 1.83. The lowest BCUT2D eigenvalue weighted by atomic mass is 10.0. The SMILES string of the molecule is CCC1(CNc2cncc(-n3nc(C)cc3C)n2)CC1. The van der Waals surface area contributed by atoms with Crippen LogP contribution in [0.3, 0.4) is 0 Å². The van der Waals surface area contributed by atoms with E-state index in [1.807, 2.05) is 24.6 Å². The third kappa shape index (κ3) is 2.53. The van der Waals surface area contributed by atoms with Crippen LogP contribution in [0.4, 0.5) is 5.82 Å². The van der Waals surface area contributed by atoms with Gasteiger partial charge in [0.2, 0.25) is 0 Å². The molecule has 0 spiro atoms. The molecule has 0 aromatic carbocycles. The van der Waals surface area contributed by atoms with Gasteiger partial charge in [0.05, 0.1) is 18.1 Å². The minimum atomic E-state index is 0.496. The van der Waals surface area contributed by atoms with Gasteiger partial charge in [-0.15, -0.1) is 0 Å². The van der Waals surface area contributed by atoms with Crippen molar-refractivity contribution in [3.05, 3.63) is 29.8 Å². The molecular formula is C15H21N5. The van der Waals surface area contributed by atoms with Gasteiger partial charge in [-0.1, -0.05) is 6.92 Å². The number of hydrogen-bond acceptors (Lipinski definition) is 4. The van der Waals surface area contributed by atoms with Gasteiger partial charge in [0.15, 0.2) is 5.82 Å². The Hall–Kier alpha value is -1.91. The number of nitrogens with one attached hydrogen (secondary N) is 1. The summed E-state index contributed by atoms with van der Waals surface area (Å²) >= 11 is 0. The standard InChI is InChI=1S/C15H21N5/c1-4-15(5-6-15)10-17-13-8-16-9-14(18-13)20-12(3)7-11(2)19-20/h7-9H,4-6,10H2,1-3H3,(H,17,18). The van der Waals surface area contributed by atoms with E-state index in [1.165, 1.54) is 19.3 Å². The van der Waals surface area contributed by atoms with Gasteiger partial charge in [-0.25, -0.2) is 9.67 Å². The highest BCUT2D eigenvalue weighted by atomic mass is 15.3. The summed E-state index contributed by atoms with van der Waals surface area (Å²) in [5.74, 6) is 1.59. The zero-order valence-corrected chi connectivity index (χ0v) is 12.3. The summed E-state index contributed by atoms with van der Waals surface area (Å²) in [7, 11) is 0. The molecule has 5 nitrogen and oxygen atoms in total. The van der Waals surface area contributed by atoms with Crippen molar-refractivity contribution in [3.8, 4) is 5.82 Å². The molecule has 1 aliphatic carbocycles. The summed E-state index contributed by atoms with van der Waals surface area (Å²) in [4.78, 5) is 8.88. The van der Waals surface area contributed by atoms with Gasteiger partial charge >= 0.3 is 0 Å². The van der Waals surface area contributed by atoms with Gasteiger partial charge in [-0.3, -0.25) is 4.98 Å². The number of anilines is 1. The number of nitrogens with zero attached hydrogens (tertiary/aromatic N) is 4. The van der Waals surface area contributed by atoms with Crippen LogP contribution in [0.25, 0.3) is 5.82 Å². The van der Waals surface area contributed by atoms with Gasteiger partial charge in [0.1, 0.15) is 5.82 Å². The maximum Gasteiger partial charge on any atom is 0.174 e. The molecule has 2 aromatic rings. The minimum Gasteiger partial charge on any atom is -0.368 e. The maximum absolute atomic E-state index is 4.61. The lowest BCUT2D eigenvalue weighted by Gasteiger charge is -2.14. The number of rotatable bonds is 5. The van der Waals surface area contributed by atoms with Crippen LogP contribution in [-0.2, 0) is 0 Å². The molecule has 1 saturated carbocycles. The van der Waals surface area contributed by atoms with Crippen LogP contribution in [0.15, 0.2) is 18.5 Å². The van der Waals surface area contributed by atoms with Crippen LogP contribution >= 0.6 is 0 Å². The highest BCUT2D eigenvalue weighted by Gasteiger charge is 2.40. The van der Waals surface area contributed by atoms with E-state index in [2.05, 4.69) is 27.3 Å². The fourth-order valence-electron chi connectivity index (χ4n) is 2.51. The number of aromatic nitrogens is 4. The Kier molecular flexibility index (Phi) is 3.20. The molecule has 20 heavy (non-hydrogen) atoms. The van der Waals surface area contributed by atoms with Crippen LogP contribution < -0.4 is 5.32 Å². The second-order valence-corrected chi connectivity index (χ2v) is 5.81. The van der Waals surface area contributed by atoms with Gasteiger partial charge in [-0.2, -0.15) is 5.10 Å². The highest BCUT2D eigenvalue weighted by molar-refractivity contribution is 5.37. The van der Waals surface area contributed by atoms with E-state index in [0.29, 0.717) is 5.41 Å². The first kappa shape index (κ1) is 13.1. The summed E-state index contributed by atoms with van der Waals surface area (Å²) in [6.45, 7) is 7.25. The van der Waals surface area contributed by atoms with Crippen molar-refractivity contribution in [1.29, 1.82) is 0 Å². The van der Waals surface area contributed by atoms with Crippen molar-refractivity contribution >= 4 is 5.82 Å². The summed E-state index contributed by atoms with van der Waals surface area (Å²) in [5, 5.41) is 7.87. The Morgan fingerprint density at radius 2 is 2.10 bits per heavy atom. The summed E-state index contributed by atoms with van der Waals surface area (Å²) in [6, 6.07) is 2.04. The molecule has 0 radical (unpaired) electrons. The molecule has 106 valence electrons. The van der Waals surface area contributed by atoms with Crippen molar-refractivity contribution in [2.75, 3.05) is 11.9 Å². The summed E-state index contributed by atoms with van der Waals surface area (Å²) in [6.07, 6.45) is 7.39. The molecule has 0 saturated heterocycles. The van der Waals surface area contributed by atoms with Gasteiger partial charge < -0.3 is 5.32 Å². The van der Waals surface area contributed by atoms with Crippen molar-refractivity contribution in [3.63, 3.8) is 0 Å². The molecular weight excluding hydrogens is 250 g/mol. The largest absolute Gasteiger partial charge is 0.368 e. The van der Waals surface area contributed by atoms with Crippen molar-refractivity contribution in [2.45, 2.75) is 40.0 Å². The lowest BCUT2D eigenvalue weighted by molar-refractivity contribution is 0.520. The van der Waals surface area contributed by atoms with Crippen LogP contribution in [0.1, 0.15) is 37.6 Å². The molecule has 2 aromatic heterocycles. The first-order chi connectivity index (χ1) is 9.62. The van der Waals surface area contributed by atoms with Crippen molar-refractivity contribution in [1.82, 2.24) is 19.7 Å². The van der Waals surface area contributed by atoms with E-state index in [4.69, 9.17) is 0 Å². The van der Waals surface area contributed by atoms with E-state index in [-0.39, 0.29) is 0 Å². The fraction of sp³-hybridized carbons (Fsp3) is 0.533. The zero-order chi connectivity index (χ0) is 14.2.